The lowest BCUT2D eigenvalue weighted by atomic mass is 10.1. The molecule has 100 valence electrons. The van der Waals surface area contributed by atoms with Crippen molar-refractivity contribution >= 4 is 17.3 Å². The van der Waals surface area contributed by atoms with Crippen LogP contribution in [0.15, 0.2) is 30.5 Å². The molecule has 0 atom stereocenters. The number of halogens is 3. The number of benzene rings is 1. The first-order valence-corrected chi connectivity index (χ1v) is 5.15. The van der Waals surface area contributed by atoms with Crippen molar-refractivity contribution in [1.29, 1.82) is 0 Å². The summed E-state index contributed by atoms with van der Waals surface area (Å²) in [6.07, 6.45) is -3.21. The zero-order valence-electron chi connectivity index (χ0n) is 9.45. The van der Waals surface area contributed by atoms with E-state index in [1.165, 1.54) is 18.3 Å². The molecule has 1 aromatic heterocycles. The van der Waals surface area contributed by atoms with Crippen LogP contribution in [-0.2, 0) is 6.18 Å². The van der Waals surface area contributed by atoms with Gasteiger partial charge in [-0.25, -0.2) is 0 Å². The van der Waals surface area contributed by atoms with E-state index in [0.29, 0.717) is 0 Å². The van der Waals surface area contributed by atoms with Gasteiger partial charge in [-0.05, 0) is 24.3 Å². The highest BCUT2D eigenvalue weighted by atomic mass is 19.4. The third-order valence-corrected chi connectivity index (χ3v) is 2.36. The van der Waals surface area contributed by atoms with Gasteiger partial charge in [0.1, 0.15) is 5.69 Å². The van der Waals surface area contributed by atoms with Crippen LogP contribution in [0.1, 0.15) is 16.1 Å². The smallest absolute Gasteiger partial charge is 0.398 e. The van der Waals surface area contributed by atoms with Gasteiger partial charge in [0.15, 0.2) is 0 Å². The van der Waals surface area contributed by atoms with Gasteiger partial charge in [0, 0.05) is 17.6 Å². The van der Waals surface area contributed by atoms with E-state index in [4.69, 9.17) is 5.73 Å². The summed E-state index contributed by atoms with van der Waals surface area (Å²) in [5.74, 6) is -0.588. The van der Waals surface area contributed by atoms with Gasteiger partial charge in [0.25, 0.3) is 5.91 Å². The first-order valence-electron chi connectivity index (χ1n) is 5.15. The standard InChI is InChI=1S/C11H9F3N4O/c12-11(13,14)7-5-6(1-2-8(7)15)17-10(19)9-3-4-16-18-9/h1-5H,15H2,(H,16,18)(H,17,19). The number of hydrogen-bond acceptors (Lipinski definition) is 3. The minimum atomic E-state index is -4.57. The van der Waals surface area contributed by atoms with E-state index in [1.807, 2.05) is 0 Å². The quantitative estimate of drug-likeness (QED) is 0.732. The molecule has 2 aromatic rings. The van der Waals surface area contributed by atoms with E-state index >= 15 is 0 Å². The Kier molecular flexibility index (Phi) is 3.16. The summed E-state index contributed by atoms with van der Waals surface area (Å²) in [5, 5.41) is 8.29. The number of hydrogen-bond donors (Lipinski definition) is 3. The van der Waals surface area contributed by atoms with E-state index in [9.17, 15) is 18.0 Å². The molecule has 0 aliphatic carbocycles. The van der Waals surface area contributed by atoms with Gasteiger partial charge in [0.2, 0.25) is 0 Å². The van der Waals surface area contributed by atoms with Crippen molar-refractivity contribution in [2.75, 3.05) is 11.1 Å². The summed E-state index contributed by atoms with van der Waals surface area (Å²) >= 11 is 0. The molecule has 0 aliphatic heterocycles. The fourth-order valence-corrected chi connectivity index (χ4v) is 1.46. The number of nitrogens with two attached hydrogens (primary N) is 1. The Hall–Kier alpha value is -2.51. The summed E-state index contributed by atoms with van der Waals surface area (Å²) in [7, 11) is 0. The minimum absolute atomic E-state index is 0.00104. The van der Waals surface area contributed by atoms with Crippen molar-refractivity contribution in [3.8, 4) is 0 Å². The summed E-state index contributed by atoms with van der Waals surface area (Å²) in [6, 6.07) is 4.56. The van der Waals surface area contributed by atoms with Crippen LogP contribution in [0.3, 0.4) is 0 Å². The van der Waals surface area contributed by atoms with E-state index < -0.39 is 23.3 Å². The van der Waals surface area contributed by atoms with Crippen molar-refractivity contribution in [2.24, 2.45) is 0 Å². The highest BCUT2D eigenvalue weighted by molar-refractivity contribution is 6.02. The number of nitrogen functional groups attached to an aromatic ring is 1. The normalized spacial score (nSPS) is 11.3. The van der Waals surface area contributed by atoms with E-state index in [-0.39, 0.29) is 11.4 Å². The maximum atomic E-state index is 12.6. The minimum Gasteiger partial charge on any atom is -0.398 e. The lowest BCUT2D eigenvalue weighted by Crippen LogP contribution is -2.14. The van der Waals surface area contributed by atoms with Crippen molar-refractivity contribution in [3.05, 3.63) is 41.7 Å². The summed E-state index contributed by atoms with van der Waals surface area (Å²) in [5.41, 5.74) is 4.01. The van der Waals surface area contributed by atoms with Crippen LogP contribution in [0.25, 0.3) is 0 Å². The zero-order chi connectivity index (χ0) is 14.0. The van der Waals surface area contributed by atoms with Crippen molar-refractivity contribution < 1.29 is 18.0 Å². The summed E-state index contributed by atoms with van der Waals surface area (Å²) in [6.45, 7) is 0. The fourth-order valence-electron chi connectivity index (χ4n) is 1.46. The molecule has 19 heavy (non-hydrogen) atoms. The van der Waals surface area contributed by atoms with Crippen LogP contribution in [0.5, 0.6) is 0 Å². The molecule has 1 heterocycles. The lowest BCUT2D eigenvalue weighted by Gasteiger charge is -2.12. The third-order valence-electron chi connectivity index (χ3n) is 2.36. The number of carbonyl (C=O) groups excluding carboxylic acids is 1. The summed E-state index contributed by atoms with van der Waals surface area (Å²) < 4.78 is 37.9. The van der Waals surface area contributed by atoms with Crippen LogP contribution >= 0.6 is 0 Å². The number of nitrogens with one attached hydrogen (secondary N) is 2. The Morgan fingerprint density at radius 1 is 1.32 bits per heavy atom. The maximum Gasteiger partial charge on any atom is 0.418 e. The Bertz CT molecular complexity index is 592. The molecule has 1 amide bonds. The molecule has 0 bridgehead atoms. The van der Waals surface area contributed by atoms with Crippen LogP contribution in [-0.4, -0.2) is 16.1 Å². The first-order chi connectivity index (χ1) is 8.88. The second-order valence-electron chi connectivity index (χ2n) is 3.72. The molecule has 1 aromatic carbocycles. The van der Waals surface area contributed by atoms with Gasteiger partial charge in [-0.3, -0.25) is 9.89 Å². The molecular formula is C11H9F3N4O. The highest BCUT2D eigenvalue weighted by Crippen LogP contribution is 2.35. The van der Waals surface area contributed by atoms with Crippen molar-refractivity contribution in [3.63, 3.8) is 0 Å². The van der Waals surface area contributed by atoms with Gasteiger partial charge >= 0.3 is 6.18 Å². The van der Waals surface area contributed by atoms with Gasteiger partial charge < -0.3 is 11.1 Å². The van der Waals surface area contributed by atoms with Crippen LogP contribution in [0.2, 0.25) is 0 Å². The average molecular weight is 270 g/mol. The number of amides is 1. The first kappa shape index (κ1) is 12.9. The SMILES string of the molecule is Nc1ccc(NC(=O)c2ccn[nH]2)cc1C(F)(F)F. The van der Waals surface area contributed by atoms with Crippen molar-refractivity contribution in [2.45, 2.75) is 6.18 Å². The van der Waals surface area contributed by atoms with Crippen LogP contribution < -0.4 is 11.1 Å². The van der Waals surface area contributed by atoms with Gasteiger partial charge in [-0.1, -0.05) is 0 Å². The van der Waals surface area contributed by atoms with Gasteiger partial charge in [-0.2, -0.15) is 18.3 Å². The lowest BCUT2D eigenvalue weighted by molar-refractivity contribution is -0.136. The Balaban J connectivity index is 2.25. The molecule has 8 heteroatoms. The van der Waals surface area contributed by atoms with E-state index in [1.54, 1.807) is 0 Å². The molecule has 0 aliphatic rings. The predicted octanol–water partition coefficient (Wildman–Crippen LogP) is 2.26. The van der Waals surface area contributed by atoms with E-state index in [2.05, 4.69) is 15.5 Å². The molecule has 0 saturated carbocycles. The number of alkyl halides is 3. The molecule has 2 rings (SSSR count). The number of nitrogens with zero attached hydrogens (tertiary/aromatic N) is 1. The number of anilines is 2. The Morgan fingerprint density at radius 3 is 2.63 bits per heavy atom. The fraction of sp³-hybridized carbons (Fsp3) is 0.0909. The molecule has 0 radical (unpaired) electrons. The maximum absolute atomic E-state index is 12.6. The molecule has 0 unspecified atom stereocenters. The largest absolute Gasteiger partial charge is 0.418 e. The van der Waals surface area contributed by atoms with Crippen LogP contribution in [0, 0.1) is 0 Å². The number of H-pyrrole nitrogens is 1. The monoisotopic (exact) mass is 270 g/mol. The topological polar surface area (TPSA) is 83.8 Å². The van der Waals surface area contributed by atoms with Gasteiger partial charge in [0.05, 0.1) is 5.56 Å². The number of aromatic amines is 1. The number of rotatable bonds is 2. The zero-order valence-corrected chi connectivity index (χ0v) is 9.45. The average Bonchev–Trinajstić information content (AvgIpc) is 2.83. The molecule has 4 N–H and O–H groups in total. The van der Waals surface area contributed by atoms with Gasteiger partial charge in [-0.15, -0.1) is 0 Å². The highest BCUT2D eigenvalue weighted by Gasteiger charge is 2.33. The Morgan fingerprint density at radius 2 is 2.05 bits per heavy atom. The molecule has 0 spiro atoms. The number of aromatic nitrogens is 2. The third kappa shape index (κ3) is 2.84. The summed E-state index contributed by atoms with van der Waals surface area (Å²) in [4.78, 5) is 11.6. The number of carbonyl (C=O) groups is 1. The molecule has 5 nitrogen and oxygen atoms in total. The molecule has 0 fully saturated rings. The Labute approximate surface area is 105 Å². The second-order valence-corrected chi connectivity index (χ2v) is 3.72. The molecule has 0 saturated heterocycles. The second kappa shape index (κ2) is 4.63. The predicted molar refractivity (Wildman–Crippen MR) is 62.4 cm³/mol. The van der Waals surface area contributed by atoms with Crippen LogP contribution in [0.4, 0.5) is 24.5 Å². The van der Waals surface area contributed by atoms with E-state index in [0.717, 1.165) is 12.1 Å². The molecular weight excluding hydrogens is 261 g/mol. The van der Waals surface area contributed by atoms with Crippen molar-refractivity contribution in [1.82, 2.24) is 10.2 Å².